The summed E-state index contributed by atoms with van der Waals surface area (Å²) < 4.78 is 11.1. The molecule has 0 unspecified atom stereocenters. The van der Waals surface area contributed by atoms with Crippen LogP contribution in [-0.2, 0) is 4.57 Å². The highest BCUT2D eigenvalue weighted by molar-refractivity contribution is 7.60. The Hall–Kier alpha value is -2.20. The van der Waals surface area contributed by atoms with Gasteiger partial charge in [-0.15, -0.1) is 0 Å². The first-order valence-corrected chi connectivity index (χ1v) is 7.81. The lowest BCUT2D eigenvalue weighted by atomic mass is 10.0. The molecule has 0 aliphatic heterocycles. The van der Waals surface area contributed by atoms with E-state index in [0.717, 1.165) is 16.3 Å². The molecule has 0 saturated heterocycles. The van der Waals surface area contributed by atoms with Crippen LogP contribution in [0.2, 0.25) is 0 Å². The van der Waals surface area contributed by atoms with Crippen molar-refractivity contribution in [3.05, 3.63) is 54.7 Å². The summed E-state index contributed by atoms with van der Waals surface area (Å²) in [4.78, 5) is 21.8. The Morgan fingerprint density at radius 1 is 0.905 bits per heavy atom. The molecule has 106 valence electrons. The second-order valence-corrected chi connectivity index (χ2v) is 6.18. The molecule has 1 heterocycles. The van der Waals surface area contributed by atoms with Gasteiger partial charge in [0.2, 0.25) is 0 Å². The average molecular weight is 301 g/mol. The monoisotopic (exact) mass is 301 g/mol. The zero-order chi connectivity index (χ0) is 15.0. The largest absolute Gasteiger partial charge is 0.505 e. The lowest BCUT2D eigenvalue weighted by Gasteiger charge is -2.08. The summed E-state index contributed by atoms with van der Waals surface area (Å²) in [5.74, 6) is -0.506. The van der Waals surface area contributed by atoms with E-state index in [0.29, 0.717) is 5.56 Å². The van der Waals surface area contributed by atoms with Crippen LogP contribution in [-0.4, -0.2) is 19.9 Å². The fraction of sp³-hybridized carbons (Fsp3) is 0. The van der Waals surface area contributed by atoms with Gasteiger partial charge in [0, 0.05) is 11.8 Å². The second kappa shape index (κ2) is 4.97. The Morgan fingerprint density at radius 2 is 1.62 bits per heavy atom. The summed E-state index contributed by atoms with van der Waals surface area (Å²) in [5, 5.41) is 11.9. The average Bonchev–Trinajstić information content (AvgIpc) is 2.45. The van der Waals surface area contributed by atoms with Crippen molar-refractivity contribution in [3.8, 4) is 16.9 Å². The molecule has 5 nitrogen and oxygen atoms in total. The van der Waals surface area contributed by atoms with Crippen LogP contribution in [0.4, 0.5) is 0 Å². The molecule has 1 aromatic heterocycles. The lowest BCUT2D eigenvalue weighted by molar-refractivity contribution is 0.383. The van der Waals surface area contributed by atoms with Crippen LogP contribution >= 0.6 is 7.60 Å². The van der Waals surface area contributed by atoms with E-state index < -0.39 is 18.8 Å². The third kappa shape index (κ3) is 2.67. The molecule has 0 spiro atoms. The van der Waals surface area contributed by atoms with E-state index in [2.05, 4.69) is 4.98 Å². The Morgan fingerprint density at radius 3 is 2.29 bits per heavy atom. The summed E-state index contributed by atoms with van der Waals surface area (Å²) in [7, 11) is -4.57. The lowest BCUT2D eigenvalue weighted by Crippen LogP contribution is -2.09. The zero-order valence-corrected chi connectivity index (χ0v) is 11.7. The smallest absolute Gasteiger partial charge is 0.378 e. The van der Waals surface area contributed by atoms with Crippen molar-refractivity contribution in [1.82, 2.24) is 4.98 Å². The highest BCUT2D eigenvalue weighted by Crippen LogP contribution is 2.37. The van der Waals surface area contributed by atoms with Crippen molar-refractivity contribution in [2.24, 2.45) is 0 Å². The van der Waals surface area contributed by atoms with E-state index in [1.165, 1.54) is 12.3 Å². The maximum Gasteiger partial charge on any atom is 0.378 e. The van der Waals surface area contributed by atoms with E-state index in [1.54, 1.807) is 0 Å². The highest BCUT2D eigenvalue weighted by Gasteiger charge is 2.24. The second-order valence-electron chi connectivity index (χ2n) is 4.67. The number of aromatic hydroxyl groups is 1. The number of fused-ring (bicyclic) bond motifs is 1. The van der Waals surface area contributed by atoms with E-state index >= 15 is 0 Å². The Balaban J connectivity index is 2.10. The van der Waals surface area contributed by atoms with Crippen molar-refractivity contribution in [3.63, 3.8) is 0 Å². The van der Waals surface area contributed by atoms with E-state index in [9.17, 15) is 9.67 Å². The summed E-state index contributed by atoms with van der Waals surface area (Å²) in [6.45, 7) is 0. The minimum absolute atomic E-state index is 0.506. The van der Waals surface area contributed by atoms with Gasteiger partial charge in [-0.3, -0.25) is 4.57 Å². The SMILES string of the molecule is O=P(O)(O)c1ncc(-c2ccc3ccccc3c2)cc1O. The molecule has 6 heteroatoms. The zero-order valence-electron chi connectivity index (χ0n) is 10.8. The first kappa shape index (κ1) is 13.8. The molecular formula is C15H12NO4P. The van der Waals surface area contributed by atoms with Crippen molar-refractivity contribution < 1.29 is 19.5 Å². The van der Waals surface area contributed by atoms with Crippen molar-refractivity contribution in [1.29, 1.82) is 0 Å². The predicted octanol–water partition coefficient (Wildman–Crippen LogP) is 2.41. The standard InChI is InChI=1S/C15H12NO4P/c17-14-8-13(9-16-15(14)21(18,19)20)12-6-5-10-3-1-2-4-11(10)7-12/h1-9,17H,(H2,18,19,20). The Kier molecular flexibility index (Phi) is 3.26. The predicted molar refractivity (Wildman–Crippen MR) is 80.5 cm³/mol. The Labute approximate surface area is 120 Å². The number of hydrogen-bond donors (Lipinski definition) is 3. The number of benzene rings is 2. The van der Waals surface area contributed by atoms with Gasteiger partial charge >= 0.3 is 7.60 Å². The topological polar surface area (TPSA) is 90.7 Å². The van der Waals surface area contributed by atoms with Crippen LogP contribution in [0.25, 0.3) is 21.9 Å². The number of rotatable bonds is 2. The van der Waals surface area contributed by atoms with Crippen molar-refractivity contribution >= 4 is 23.8 Å². The molecule has 0 aliphatic rings. The van der Waals surface area contributed by atoms with Gasteiger partial charge in [-0.1, -0.05) is 36.4 Å². The summed E-state index contributed by atoms with van der Waals surface area (Å²) in [5.41, 5.74) is 0.802. The normalized spacial score (nSPS) is 11.7. The van der Waals surface area contributed by atoms with Crippen LogP contribution < -0.4 is 5.44 Å². The van der Waals surface area contributed by atoms with Crippen molar-refractivity contribution in [2.75, 3.05) is 0 Å². The maximum atomic E-state index is 11.1. The molecule has 3 rings (SSSR count). The van der Waals surface area contributed by atoms with Gasteiger partial charge in [-0.05, 0) is 28.5 Å². The van der Waals surface area contributed by atoms with Crippen LogP contribution in [0.5, 0.6) is 5.75 Å². The molecule has 0 atom stereocenters. The molecule has 0 amide bonds. The summed E-state index contributed by atoms with van der Waals surface area (Å²) in [6.07, 6.45) is 1.35. The Bertz CT molecular complexity index is 872. The number of hydrogen-bond acceptors (Lipinski definition) is 3. The van der Waals surface area contributed by atoms with Gasteiger partial charge in [0.05, 0.1) is 0 Å². The minimum Gasteiger partial charge on any atom is -0.505 e. The molecule has 0 saturated carbocycles. The number of aromatic nitrogens is 1. The number of pyridine rings is 1. The molecule has 3 aromatic rings. The summed E-state index contributed by atoms with van der Waals surface area (Å²) in [6, 6.07) is 14.9. The van der Waals surface area contributed by atoms with Crippen LogP contribution in [0.15, 0.2) is 54.7 Å². The third-order valence-corrected chi connectivity index (χ3v) is 4.10. The molecule has 0 radical (unpaired) electrons. The van der Waals surface area contributed by atoms with Gasteiger partial charge in [-0.25, -0.2) is 4.98 Å². The fourth-order valence-corrected chi connectivity index (χ4v) is 2.77. The molecule has 3 N–H and O–H groups in total. The van der Waals surface area contributed by atoms with Gasteiger partial charge in [-0.2, -0.15) is 0 Å². The first-order chi connectivity index (χ1) is 9.95. The van der Waals surface area contributed by atoms with E-state index in [1.807, 2.05) is 42.5 Å². The third-order valence-electron chi connectivity index (χ3n) is 3.21. The maximum absolute atomic E-state index is 11.1. The van der Waals surface area contributed by atoms with Crippen LogP contribution in [0, 0.1) is 0 Å². The molecule has 0 aliphatic carbocycles. The van der Waals surface area contributed by atoms with Crippen LogP contribution in [0.1, 0.15) is 0 Å². The van der Waals surface area contributed by atoms with Gasteiger partial charge in [0.15, 0.2) is 5.44 Å². The van der Waals surface area contributed by atoms with Gasteiger partial charge in [0.1, 0.15) is 5.75 Å². The van der Waals surface area contributed by atoms with Crippen LogP contribution in [0.3, 0.4) is 0 Å². The quantitative estimate of drug-likeness (QED) is 0.632. The van der Waals surface area contributed by atoms with Gasteiger partial charge < -0.3 is 14.9 Å². The minimum atomic E-state index is -4.57. The first-order valence-electron chi connectivity index (χ1n) is 6.19. The molecule has 21 heavy (non-hydrogen) atoms. The molecule has 2 aromatic carbocycles. The fourth-order valence-electron chi connectivity index (χ4n) is 2.20. The molecular weight excluding hydrogens is 289 g/mol. The molecule has 0 bridgehead atoms. The van der Waals surface area contributed by atoms with Crippen molar-refractivity contribution in [2.45, 2.75) is 0 Å². The number of nitrogens with zero attached hydrogens (tertiary/aromatic N) is 1. The molecule has 0 fully saturated rings. The summed E-state index contributed by atoms with van der Waals surface area (Å²) >= 11 is 0. The van der Waals surface area contributed by atoms with E-state index in [-0.39, 0.29) is 0 Å². The van der Waals surface area contributed by atoms with E-state index in [4.69, 9.17) is 9.79 Å². The van der Waals surface area contributed by atoms with Gasteiger partial charge in [0.25, 0.3) is 0 Å². The highest BCUT2D eigenvalue weighted by atomic mass is 31.2.